The van der Waals surface area contributed by atoms with E-state index in [2.05, 4.69) is 39.6 Å². The number of aromatic nitrogens is 2. The van der Waals surface area contributed by atoms with Crippen LogP contribution in [0.1, 0.15) is 37.3 Å². The lowest BCUT2D eigenvalue weighted by molar-refractivity contribution is 0.600. The van der Waals surface area contributed by atoms with Gasteiger partial charge in [0.1, 0.15) is 0 Å². The summed E-state index contributed by atoms with van der Waals surface area (Å²) in [4.78, 5) is 0.187. The number of halogens is 3. The van der Waals surface area contributed by atoms with E-state index in [-0.39, 0.29) is 10.7 Å². The van der Waals surface area contributed by atoms with Crippen molar-refractivity contribution < 1.29 is 8.42 Å². The number of rotatable bonds is 7. The molecule has 0 aliphatic rings. The van der Waals surface area contributed by atoms with Gasteiger partial charge in [-0.15, -0.1) is 0 Å². The van der Waals surface area contributed by atoms with E-state index in [1.54, 1.807) is 35.1 Å². The molecule has 1 aromatic heterocycles. The lowest BCUT2D eigenvalue weighted by Gasteiger charge is -2.10. The van der Waals surface area contributed by atoms with Crippen LogP contribution in [0.4, 0.5) is 5.82 Å². The van der Waals surface area contributed by atoms with Crippen molar-refractivity contribution in [1.82, 2.24) is 9.78 Å². The topological polar surface area (TPSA) is 64.0 Å². The molecule has 1 atom stereocenters. The molecule has 29 heavy (non-hydrogen) atoms. The summed E-state index contributed by atoms with van der Waals surface area (Å²) in [6, 6.07) is 12.1. The Morgan fingerprint density at radius 2 is 1.86 bits per heavy atom. The maximum absolute atomic E-state index is 12.7. The zero-order chi connectivity index (χ0) is 21.2. The van der Waals surface area contributed by atoms with E-state index in [1.807, 2.05) is 18.2 Å². The van der Waals surface area contributed by atoms with Gasteiger partial charge in [-0.3, -0.25) is 9.40 Å². The van der Waals surface area contributed by atoms with Crippen molar-refractivity contribution in [2.75, 3.05) is 4.72 Å². The Balaban J connectivity index is 1.79. The highest BCUT2D eigenvalue weighted by atomic mass is 79.9. The quantitative estimate of drug-likeness (QED) is 0.400. The summed E-state index contributed by atoms with van der Waals surface area (Å²) in [5, 5.41) is 5.40. The maximum Gasteiger partial charge on any atom is 0.263 e. The summed E-state index contributed by atoms with van der Waals surface area (Å²) in [6.07, 6.45) is 2.68. The summed E-state index contributed by atoms with van der Waals surface area (Å²) >= 11 is 15.5. The van der Waals surface area contributed by atoms with Crippen LogP contribution in [-0.2, 0) is 16.6 Å². The second kappa shape index (κ2) is 9.08. The van der Waals surface area contributed by atoms with Crippen LogP contribution in [0.25, 0.3) is 0 Å². The smallest absolute Gasteiger partial charge is 0.263 e. The van der Waals surface area contributed by atoms with Crippen molar-refractivity contribution >= 4 is 55.0 Å². The fourth-order valence-electron chi connectivity index (χ4n) is 2.77. The van der Waals surface area contributed by atoms with Crippen molar-refractivity contribution in [3.8, 4) is 0 Å². The lowest BCUT2D eigenvalue weighted by atomic mass is 9.99. The largest absolute Gasteiger partial charge is 0.265 e. The number of nitrogens with one attached hydrogen (secondary N) is 1. The van der Waals surface area contributed by atoms with Gasteiger partial charge in [-0.1, -0.05) is 55.2 Å². The molecule has 0 fully saturated rings. The van der Waals surface area contributed by atoms with Crippen molar-refractivity contribution in [3.05, 3.63) is 74.3 Å². The highest BCUT2D eigenvalue weighted by molar-refractivity contribution is 9.10. The van der Waals surface area contributed by atoms with Crippen molar-refractivity contribution in [2.45, 2.75) is 37.6 Å². The first-order valence-electron chi connectivity index (χ1n) is 8.99. The Kier molecular flexibility index (Phi) is 6.94. The van der Waals surface area contributed by atoms with Gasteiger partial charge in [-0.05, 0) is 63.7 Å². The van der Waals surface area contributed by atoms with Crippen LogP contribution in [-0.4, -0.2) is 18.2 Å². The lowest BCUT2D eigenvalue weighted by Crippen LogP contribution is -2.14. The highest BCUT2D eigenvalue weighted by Crippen LogP contribution is 2.27. The molecule has 0 aliphatic carbocycles. The van der Waals surface area contributed by atoms with Gasteiger partial charge in [0.05, 0.1) is 15.9 Å². The summed E-state index contributed by atoms with van der Waals surface area (Å²) in [5.41, 5.74) is 1.93. The minimum absolute atomic E-state index is 0.187. The third-order valence-electron chi connectivity index (χ3n) is 4.67. The molecule has 3 rings (SSSR count). The normalized spacial score (nSPS) is 12.7. The van der Waals surface area contributed by atoms with Crippen LogP contribution in [0, 0.1) is 0 Å². The van der Waals surface area contributed by atoms with Gasteiger partial charge in [0, 0.05) is 16.2 Å². The molecule has 5 nitrogen and oxygen atoms in total. The van der Waals surface area contributed by atoms with Gasteiger partial charge in [-0.2, -0.15) is 5.10 Å². The monoisotopic (exact) mass is 515 g/mol. The first-order valence-corrected chi connectivity index (χ1v) is 12.0. The van der Waals surface area contributed by atoms with E-state index in [0.717, 1.165) is 17.5 Å². The molecule has 154 valence electrons. The third kappa shape index (κ3) is 5.34. The SMILES string of the molecule is CCC(C)c1ccc(S(=O)(=O)Nc2nn(Cc3ccc(Cl)cc3Cl)cc2Br)cc1. The standard InChI is InChI=1S/C20H20BrCl2N3O2S/c1-3-13(2)14-5-8-17(9-6-14)29(27,28)25-20-18(21)12-26(24-20)11-15-4-7-16(22)10-19(15)23/h4-10,12-13H,3,11H2,1-2H3,(H,24,25). The molecule has 0 spiro atoms. The van der Waals surface area contributed by atoms with Gasteiger partial charge in [-0.25, -0.2) is 8.42 Å². The summed E-state index contributed by atoms with van der Waals surface area (Å²) in [5.74, 6) is 0.588. The Morgan fingerprint density at radius 3 is 2.48 bits per heavy atom. The summed E-state index contributed by atoms with van der Waals surface area (Å²) in [7, 11) is -3.76. The molecule has 2 aromatic carbocycles. The van der Waals surface area contributed by atoms with E-state index in [4.69, 9.17) is 23.2 Å². The van der Waals surface area contributed by atoms with Crippen molar-refractivity contribution in [1.29, 1.82) is 0 Å². The molecule has 0 saturated heterocycles. The number of sulfonamides is 1. The zero-order valence-electron chi connectivity index (χ0n) is 15.9. The Labute approximate surface area is 189 Å². The fraction of sp³-hybridized carbons (Fsp3) is 0.250. The van der Waals surface area contributed by atoms with Gasteiger partial charge >= 0.3 is 0 Å². The van der Waals surface area contributed by atoms with Crippen molar-refractivity contribution in [3.63, 3.8) is 0 Å². The highest BCUT2D eigenvalue weighted by Gasteiger charge is 2.19. The Hall–Kier alpha value is -1.54. The maximum atomic E-state index is 12.7. The molecule has 0 radical (unpaired) electrons. The van der Waals surface area contributed by atoms with E-state index in [1.165, 1.54) is 0 Å². The number of benzene rings is 2. The summed E-state index contributed by atoms with van der Waals surface area (Å²) in [6.45, 7) is 4.58. The number of nitrogens with zero attached hydrogens (tertiary/aromatic N) is 2. The molecule has 3 aromatic rings. The van der Waals surface area contributed by atoms with Crippen LogP contribution in [0.3, 0.4) is 0 Å². The molecule has 1 N–H and O–H groups in total. The Bertz CT molecular complexity index is 1120. The van der Waals surface area contributed by atoms with Gasteiger partial charge in [0.25, 0.3) is 10.0 Å². The molecule has 1 heterocycles. The van der Waals surface area contributed by atoms with Gasteiger partial charge < -0.3 is 0 Å². The molecule has 1 unspecified atom stereocenters. The van der Waals surface area contributed by atoms with E-state index < -0.39 is 10.0 Å². The molecule has 0 saturated carbocycles. The van der Waals surface area contributed by atoms with Gasteiger partial charge in [0.2, 0.25) is 0 Å². The van der Waals surface area contributed by atoms with Crippen molar-refractivity contribution in [2.24, 2.45) is 0 Å². The second-order valence-corrected chi connectivity index (χ2v) is 10.1. The number of hydrogen-bond donors (Lipinski definition) is 1. The molecule has 0 bridgehead atoms. The first kappa shape index (κ1) is 22.2. The minimum Gasteiger partial charge on any atom is -0.265 e. The minimum atomic E-state index is -3.76. The number of anilines is 1. The molecular formula is C20H20BrCl2N3O2S. The average Bonchev–Trinajstić information content (AvgIpc) is 3.02. The van der Waals surface area contributed by atoms with Gasteiger partial charge in [0.15, 0.2) is 5.82 Å². The predicted octanol–water partition coefficient (Wildman–Crippen LogP) is 6.32. The van der Waals surface area contributed by atoms with Crippen LogP contribution in [0.5, 0.6) is 0 Å². The van der Waals surface area contributed by atoms with Crippen LogP contribution in [0.15, 0.2) is 58.0 Å². The zero-order valence-corrected chi connectivity index (χ0v) is 19.8. The number of hydrogen-bond acceptors (Lipinski definition) is 3. The second-order valence-electron chi connectivity index (χ2n) is 6.74. The van der Waals surface area contributed by atoms with E-state index in [9.17, 15) is 8.42 Å². The molecule has 9 heteroatoms. The molecule has 0 aliphatic heterocycles. The fourth-order valence-corrected chi connectivity index (χ4v) is 4.80. The average molecular weight is 517 g/mol. The predicted molar refractivity (Wildman–Crippen MR) is 121 cm³/mol. The Morgan fingerprint density at radius 1 is 1.17 bits per heavy atom. The van der Waals surface area contributed by atoms with Crippen LogP contribution in [0.2, 0.25) is 10.0 Å². The first-order chi connectivity index (χ1) is 13.7. The van der Waals surface area contributed by atoms with Crippen LogP contribution < -0.4 is 4.72 Å². The molecule has 0 amide bonds. The third-order valence-corrected chi connectivity index (χ3v) is 7.19. The molecular weight excluding hydrogens is 497 g/mol. The summed E-state index contributed by atoms with van der Waals surface area (Å²) < 4.78 is 30.2. The van der Waals surface area contributed by atoms with E-state index in [0.29, 0.717) is 27.0 Å². The van der Waals surface area contributed by atoms with E-state index >= 15 is 0 Å². The van der Waals surface area contributed by atoms with Crippen LogP contribution >= 0.6 is 39.1 Å².